The second-order valence-electron chi connectivity index (χ2n) is 4.87. The minimum absolute atomic E-state index is 0.174. The van der Waals surface area contributed by atoms with Crippen LogP contribution in [0.15, 0.2) is 18.3 Å². The Morgan fingerprint density at radius 1 is 1.50 bits per heavy atom. The fourth-order valence-corrected chi connectivity index (χ4v) is 2.28. The first kappa shape index (κ1) is 11.6. The maximum Gasteiger partial charge on any atom is 0.0957 e. The molecule has 1 saturated heterocycles. The van der Waals surface area contributed by atoms with Crippen LogP contribution in [-0.2, 0) is 0 Å². The van der Waals surface area contributed by atoms with E-state index >= 15 is 0 Å². The summed E-state index contributed by atoms with van der Waals surface area (Å²) in [5.41, 5.74) is 1.90. The lowest BCUT2D eigenvalue weighted by atomic mass is 9.89. The summed E-state index contributed by atoms with van der Waals surface area (Å²) in [5, 5.41) is 13.6. The molecule has 3 atom stereocenters. The summed E-state index contributed by atoms with van der Waals surface area (Å²) in [4.78, 5) is 4.23. The zero-order valence-electron chi connectivity index (χ0n) is 9.98. The molecule has 0 aromatic carbocycles. The summed E-state index contributed by atoms with van der Waals surface area (Å²) in [5.74, 6) is 0.694. The van der Waals surface area contributed by atoms with Crippen molar-refractivity contribution >= 4 is 0 Å². The number of aryl methyl sites for hydroxylation is 1. The zero-order valence-corrected chi connectivity index (χ0v) is 9.98. The van der Waals surface area contributed by atoms with E-state index in [0.29, 0.717) is 5.92 Å². The maximum atomic E-state index is 10.3. The molecule has 3 unspecified atom stereocenters. The van der Waals surface area contributed by atoms with Crippen LogP contribution in [0.1, 0.15) is 37.1 Å². The smallest absolute Gasteiger partial charge is 0.0957 e. The number of nitrogens with zero attached hydrogens (tertiary/aromatic N) is 1. The van der Waals surface area contributed by atoms with Crippen molar-refractivity contribution in [3.05, 3.63) is 29.6 Å². The molecule has 16 heavy (non-hydrogen) atoms. The Bertz CT molecular complexity index is 336. The van der Waals surface area contributed by atoms with Crippen LogP contribution in [0.2, 0.25) is 0 Å². The monoisotopic (exact) mass is 220 g/mol. The first-order chi connectivity index (χ1) is 7.66. The van der Waals surface area contributed by atoms with Crippen LogP contribution in [0.25, 0.3) is 0 Å². The third kappa shape index (κ3) is 2.60. The highest BCUT2D eigenvalue weighted by atomic mass is 16.3. The molecule has 1 aliphatic rings. The molecule has 2 heterocycles. The van der Waals surface area contributed by atoms with E-state index in [2.05, 4.69) is 17.2 Å². The Morgan fingerprint density at radius 2 is 2.31 bits per heavy atom. The maximum absolute atomic E-state index is 10.3. The van der Waals surface area contributed by atoms with Crippen molar-refractivity contribution in [3.63, 3.8) is 0 Å². The number of rotatable bonds is 2. The van der Waals surface area contributed by atoms with Gasteiger partial charge in [-0.15, -0.1) is 0 Å². The van der Waals surface area contributed by atoms with Gasteiger partial charge in [-0.05, 0) is 38.3 Å². The van der Waals surface area contributed by atoms with Crippen molar-refractivity contribution in [2.45, 2.75) is 38.8 Å². The van der Waals surface area contributed by atoms with Crippen molar-refractivity contribution in [3.8, 4) is 0 Å². The number of hydrogen-bond acceptors (Lipinski definition) is 3. The van der Waals surface area contributed by atoms with Crippen LogP contribution in [0, 0.1) is 12.8 Å². The van der Waals surface area contributed by atoms with Crippen LogP contribution in [-0.4, -0.2) is 22.7 Å². The minimum Gasteiger partial charge on any atom is -0.387 e. The molecule has 1 aliphatic heterocycles. The zero-order chi connectivity index (χ0) is 11.5. The molecular formula is C13H20N2O. The van der Waals surface area contributed by atoms with Gasteiger partial charge >= 0.3 is 0 Å². The number of nitrogens with one attached hydrogen (secondary N) is 1. The van der Waals surface area contributed by atoms with E-state index in [4.69, 9.17) is 0 Å². The SMILES string of the molecule is Cc1ccc(C(O)C2CC(C)CCN2)cn1. The van der Waals surface area contributed by atoms with Gasteiger partial charge in [0.1, 0.15) is 0 Å². The number of aromatic nitrogens is 1. The Labute approximate surface area is 96.9 Å². The third-order valence-electron chi connectivity index (χ3n) is 3.36. The molecule has 2 N–H and O–H groups in total. The number of piperidine rings is 1. The first-order valence-corrected chi connectivity index (χ1v) is 6.01. The Hall–Kier alpha value is -0.930. The Balaban J connectivity index is 2.06. The molecule has 0 aliphatic carbocycles. The van der Waals surface area contributed by atoms with E-state index in [1.54, 1.807) is 6.20 Å². The van der Waals surface area contributed by atoms with Crippen LogP contribution in [0.4, 0.5) is 0 Å². The van der Waals surface area contributed by atoms with Crippen molar-refractivity contribution in [2.75, 3.05) is 6.54 Å². The van der Waals surface area contributed by atoms with Crippen LogP contribution < -0.4 is 5.32 Å². The average Bonchev–Trinajstić information content (AvgIpc) is 2.29. The largest absolute Gasteiger partial charge is 0.387 e. The lowest BCUT2D eigenvalue weighted by Crippen LogP contribution is -2.41. The lowest BCUT2D eigenvalue weighted by Gasteiger charge is -2.31. The van der Waals surface area contributed by atoms with E-state index in [1.807, 2.05) is 19.1 Å². The van der Waals surface area contributed by atoms with Gasteiger partial charge in [-0.1, -0.05) is 13.0 Å². The van der Waals surface area contributed by atoms with Crippen molar-refractivity contribution in [1.29, 1.82) is 0 Å². The fraction of sp³-hybridized carbons (Fsp3) is 0.615. The van der Waals surface area contributed by atoms with Gasteiger partial charge < -0.3 is 10.4 Å². The summed E-state index contributed by atoms with van der Waals surface area (Å²) >= 11 is 0. The van der Waals surface area contributed by atoms with Crippen LogP contribution in [0.5, 0.6) is 0 Å². The lowest BCUT2D eigenvalue weighted by molar-refractivity contribution is 0.101. The second kappa shape index (κ2) is 4.93. The van der Waals surface area contributed by atoms with Gasteiger partial charge in [-0.3, -0.25) is 4.98 Å². The van der Waals surface area contributed by atoms with Gasteiger partial charge in [-0.25, -0.2) is 0 Å². The molecule has 1 fully saturated rings. The van der Waals surface area contributed by atoms with Crippen LogP contribution >= 0.6 is 0 Å². The van der Waals surface area contributed by atoms with Crippen molar-refractivity contribution in [1.82, 2.24) is 10.3 Å². The number of aliphatic hydroxyl groups excluding tert-OH is 1. The Morgan fingerprint density at radius 3 is 2.94 bits per heavy atom. The van der Waals surface area contributed by atoms with Crippen molar-refractivity contribution in [2.24, 2.45) is 5.92 Å². The fourth-order valence-electron chi connectivity index (χ4n) is 2.28. The Kier molecular flexibility index (Phi) is 3.56. The topological polar surface area (TPSA) is 45.1 Å². The molecule has 88 valence electrons. The summed E-state index contributed by atoms with van der Waals surface area (Å²) in [6.07, 6.45) is 3.58. The van der Waals surface area contributed by atoms with Gasteiger partial charge in [0.05, 0.1) is 6.10 Å². The minimum atomic E-state index is -0.434. The van der Waals surface area contributed by atoms with Crippen molar-refractivity contribution < 1.29 is 5.11 Å². The number of aliphatic hydroxyl groups is 1. The van der Waals surface area contributed by atoms with Crippen LogP contribution in [0.3, 0.4) is 0 Å². The van der Waals surface area contributed by atoms with Gasteiger partial charge in [0.2, 0.25) is 0 Å². The summed E-state index contributed by atoms with van der Waals surface area (Å²) in [7, 11) is 0. The normalized spacial score (nSPS) is 27.7. The summed E-state index contributed by atoms with van der Waals surface area (Å²) in [6.45, 7) is 5.20. The highest BCUT2D eigenvalue weighted by Crippen LogP contribution is 2.25. The highest BCUT2D eigenvalue weighted by molar-refractivity contribution is 5.17. The molecule has 3 nitrogen and oxygen atoms in total. The highest BCUT2D eigenvalue weighted by Gasteiger charge is 2.25. The molecule has 0 saturated carbocycles. The molecule has 0 radical (unpaired) electrons. The van der Waals surface area contributed by atoms with Gasteiger partial charge in [-0.2, -0.15) is 0 Å². The predicted molar refractivity (Wildman–Crippen MR) is 64.1 cm³/mol. The standard InChI is InChI=1S/C13H20N2O/c1-9-5-6-14-12(7-9)13(16)11-4-3-10(2)15-8-11/h3-4,8-9,12-14,16H,5-7H2,1-2H3. The third-order valence-corrected chi connectivity index (χ3v) is 3.36. The predicted octanol–water partition coefficient (Wildman–Crippen LogP) is 1.81. The number of pyridine rings is 1. The summed E-state index contributed by atoms with van der Waals surface area (Å²) in [6, 6.07) is 4.09. The van der Waals surface area contributed by atoms with E-state index in [0.717, 1.165) is 24.2 Å². The van der Waals surface area contributed by atoms with E-state index in [-0.39, 0.29) is 6.04 Å². The molecule has 3 heteroatoms. The van der Waals surface area contributed by atoms with Gasteiger partial charge in [0.25, 0.3) is 0 Å². The first-order valence-electron chi connectivity index (χ1n) is 6.01. The molecule has 2 rings (SSSR count). The molecule has 0 bridgehead atoms. The van der Waals surface area contributed by atoms with Gasteiger partial charge in [0.15, 0.2) is 0 Å². The van der Waals surface area contributed by atoms with E-state index in [9.17, 15) is 5.11 Å². The molecule has 0 spiro atoms. The summed E-state index contributed by atoms with van der Waals surface area (Å²) < 4.78 is 0. The second-order valence-corrected chi connectivity index (χ2v) is 4.87. The molecule has 0 amide bonds. The quantitative estimate of drug-likeness (QED) is 0.799. The molecule has 1 aromatic rings. The molecule has 1 aromatic heterocycles. The number of hydrogen-bond donors (Lipinski definition) is 2. The van der Waals surface area contributed by atoms with E-state index < -0.39 is 6.10 Å². The van der Waals surface area contributed by atoms with E-state index in [1.165, 1.54) is 6.42 Å². The van der Waals surface area contributed by atoms with Gasteiger partial charge in [0, 0.05) is 23.5 Å². The average molecular weight is 220 g/mol. The molecular weight excluding hydrogens is 200 g/mol.